The van der Waals surface area contributed by atoms with Gasteiger partial charge in [0.2, 0.25) is 17.7 Å². The molecule has 30 heavy (non-hydrogen) atoms. The number of nitrogens with two attached hydrogens (primary N) is 1. The van der Waals surface area contributed by atoms with E-state index in [0.29, 0.717) is 6.42 Å². The minimum absolute atomic E-state index is 0.0347. The molecule has 0 spiro atoms. The van der Waals surface area contributed by atoms with Gasteiger partial charge in [0.1, 0.15) is 12.1 Å². The highest BCUT2D eigenvalue weighted by Gasteiger charge is 2.26. The van der Waals surface area contributed by atoms with Crippen LogP contribution in [0.4, 0.5) is 0 Å². The van der Waals surface area contributed by atoms with E-state index >= 15 is 0 Å². The Morgan fingerprint density at radius 3 is 2.20 bits per heavy atom. The summed E-state index contributed by atoms with van der Waals surface area (Å²) in [7, 11) is 0. The predicted octanol–water partition coefficient (Wildman–Crippen LogP) is -0.297. The number of carbonyl (C=O) groups excluding carboxylic acids is 3. The number of nitrogens with one attached hydrogen (secondary N) is 3. The number of hydrogen-bond donors (Lipinski definition) is 6. The van der Waals surface area contributed by atoms with E-state index < -0.39 is 41.8 Å². The first-order valence-corrected chi connectivity index (χ1v) is 10.3. The average Bonchev–Trinajstić information content (AvgIpc) is 2.69. The number of carbonyl (C=O) groups is 4. The number of amides is 3. The van der Waals surface area contributed by atoms with Crippen molar-refractivity contribution in [1.29, 1.82) is 0 Å². The maximum absolute atomic E-state index is 12.3. The maximum Gasteiger partial charge on any atom is 0.326 e. The smallest absolute Gasteiger partial charge is 0.326 e. The number of aliphatic carboxylic acids is 1. The van der Waals surface area contributed by atoms with Gasteiger partial charge < -0.3 is 26.8 Å². The van der Waals surface area contributed by atoms with Gasteiger partial charge in [-0.1, -0.05) is 44.2 Å². The molecule has 0 aliphatic rings. The van der Waals surface area contributed by atoms with Crippen LogP contribution in [-0.2, 0) is 25.6 Å². The maximum atomic E-state index is 12.3. The third-order valence-corrected chi connectivity index (χ3v) is 4.58. The van der Waals surface area contributed by atoms with Gasteiger partial charge in [-0.05, 0) is 24.3 Å². The van der Waals surface area contributed by atoms with E-state index in [1.165, 1.54) is 0 Å². The van der Waals surface area contributed by atoms with E-state index in [0.717, 1.165) is 5.56 Å². The Bertz CT molecular complexity index is 729. The lowest BCUT2D eigenvalue weighted by Crippen LogP contribution is -2.54. The zero-order valence-corrected chi connectivity index (χ0v) is 18.0. The molecular weight excluding hydrogens is 408 g/mol. The molecule has 3 amide bonds. The second kappa shape index (κ2) is 12.9. The van der Waals surface area contributed by atoms with Crippen molar-refractivity contribution < 1.29 is 24.3 Å². The first-order chi connectivity index (χ1) is 14.1. The van der Waals surface area contributed by atoms with Gasteiger partial charge in [-0.15, -0.1) is 0 Å². The normalized spacial score (nSPS) is 13.8. The van der Waals surface area contributed by atoms with Crippen LogP contribution in [0.15, 0.2) is 30.3 Å². The second-order valence-corrected chi connectivity index (χ2v) is 7.71. The highest BCUT2D eigenvalue weighted by molar-refractivity contribution is 7.80. The van der Waals surface area contributed by atoms with Gasteiger partial charge in [0.15, 0.2) is 0 Å². The standard InChI is InChI=1S/C20H30N4O5S/c1-12(2)8-15(20(28)29)24-19(27)16(11-30)23-17(25)10-22-18(26)14(21)9-13-6-4-3-5-7-13/h3-7,12,14-16,30H,8-11,21H2,1-2H3,(H,22,26)(H,23,25)(H,24,27)(H,28,29)/t14-,15-,16-/m0/s1. The largest absolute Gasteiger partial charge is 0.480 e. The van der Waals surface area contributed by atoms with E-state index in [1.54, 1.807) is 0 Å². The lowest BCUT2D eigenvalue weighted by molar-refractivity contribution is -0.142. The van der Waals surface area contributed by atoms with Crippen molar-refractivity contribution in [2.24, 2.45) is 11.7 Å². The zero-order chi connectivity index (χ0) is 22.7. The van der Waals surface area contributed by atoms with Crippen LogP contribution < -0.4 is 21.7 Å². The van der Waals surface area contributed by atoms with Crippen molar-refractivity contribution in [2.75, 3.05) is 12.3 Å². The van der Waals surface area contributed by atoms with Crippen LogP contribution >= 0.6 is 12.6 Å². The molecule has 0 aromatic heterocycles. The lowest BCUT2D eigenvalue weighted by Gasteiger charge is -2.21. The fourth-order valence-corrected chi connectivity index (χ4v) is 2.92. The predicted molar refractivity (Wildman–Crippen MR) is 116 cm³/mol. The number of benzene rings is 1. The fourth-order valence-electron chi connectivity index (χ4n) is 2.66. The topological polar surface area (TPSA) is 151 Å². The molecular formula is C20H30N4O5S. The van der Waals surface area contributed by atoms with E-state index in [-0.39, 0.29) is 24.6 Å². The molecule has 6 N–H and O–H groups in total. The molecule has 0 saturated heterocycles. The van der Waals surface area contributed by atoms with Gasteiger partial charge in [-0.25, -0.2) is 4.79 Å². The molecule has 0 saturated carbocycles. The van der Waals surface area contributed by atoms with Crippen molar-refractivity contribution in [2.45, 2.75) is 44.8 Å². The molecule has 0 heterocycles. The molecule has 1 rings (SSSR count). The highest BCUT2D eigenvalue weighted by atomic mass is 32.1. The Labute approximate surface area is 181 Å². The van der Waals surface area contributed by atoms with Crippen LogP contribution in [0.1, 0.15) is 25.8 Å². The van der Waals surface area contributed by atoms with Gasteiger partial charge in [0.05, 0.1) is 12.6 Å². The van der Waals surface area contributed by atoms with Crippen molar-refractivity contribution in [3.05, 3.63) is 35.9 Å². The summed E-state index contributed by atoms with van der Waals surface area (Å²) in [4.78, 5) is 47.8. The monoisotopic (exact) mass is 438 g/mol. The van der Waals surface area contributed by atoms with Crippen LogP contribution in [0, 0.1) is 5.92 Å². The van der Waals surface area contributed by atoms with Crippen molar-refractivity contribution in [3.63, 3.8) is 0 Å². The summed E-state index contributed by atoms with van der Waals surface area (Å²) in [6.45, 7) is 3.31. The molecule has 0 bridgehead atoms. The second-order valence-electron chi connectivity index (χ2n) is 7.35. The molecule has 1 aromatic rings. The van der Waals surface area contributed by atoms with Crippen molar-refractivity contribution in [3.8, 4) is 0 Å². The quantitative estimate of drug-likeness (QED) is 0.247. The van der Waals surface area contributed by atoms with Crippen molar-refractivity contribution >= 4 is 36.3 Å². The van der Waals surface area contributed by atoms with Gasteiger partial charge in [-0.2, -0.15) is 12.6 Å². The van der Waals surface area contributed by atoms with Crippen LogP contribution in [0.5, 0.6) is 0 Å². The first kappa shape index (κ1) is 25.4. The summed E-state index contributed by atoms with van der Waals surface area (Å²) < 4.78 is 0. The van der Waals surface area contributed by atoms with Crippen LogP contribution in [-0.4, -0.2) is 59.2 Å². The van der Waals surface area contributed by atoms with E-state index in [9.17, 15) is 24.3 Å². The average molecular weight is 439 g/mol. The number of carboxylic acid groups (broad SMARTS) is 1. The summed E-state index contributed by atoms with van der Waals surface area (Å²) in [6.07, 6.45) is 0.575. The molecule has 0 aliphatic heterocycles. The summed E-state index contributed by atoms with van der Waals surface area (Å²) in [5.41, 5.74) is 6.75. The number of rotatable bonds is 12. The summed E-state index contributed by atoms with van der Waals surface area (Å²) >= 11 is 4.04. The molecule has 9 nitrogen and oxygen atoms in total. The minimum Gasteiger partial charge on any atom is -0.480 e. The Hall–Kier alpha value is -2.59. The van der Waals surface area contributed by atoms with Crippen LogP contribution in [0.2, 0.25) is 0 Å². The Morgan fingerprint density at radius 2 is 1.67 bits per heavy atom. The first-order valence-electron chi connectivity index (χ1n) is 9.64. The zero-order valence-electron chi connectivity index (χ0n) is 17.1. The molecule has 10 heteroatoms. The molecule has 0 aliphatic carbocycles. The van der Waals surface area contributed by atoms with Gasteiger partial charge in [-0.3, -0.25) is 14.4 Å². The molecule has 0 unspecified atom stereocenters. The minimum atomic E-state index is -1.15. The van der Waals surface area contributed by atoms with Crippen LogP contribution in [0.3, 0.4) is 0 Å². The number of thiol groups is 1. The van der Waals surface area contributed by atoms with Gasteiger partial charge >= 0.3 is 5.97 Å². The third-order valence-electron chi connectivity index (χ3n) is 4.21. The molecule has 1 aromatic carbocycles. The molecule has 166 valence electrons. The van der Waals surface area contributed by atoms with Crippen LogP contribution in [0.25, 0.3) is 0 Å². The third kappa shape index (κ3) is 9.27. The Kier molecular flexibility index (Phi) is 10.9. The van der Waals surface area contributed by atoms with Gasteiger partial charge in [0.25, 0.3) is 0 Å². The molecule has 0 radical (unpaired) electrons. The van der Waals surface area contributed by atoms with Crippen molar-refractivity contribution in [1.82, 2.24) is 16.0 Å². The summed E-state index contributed by atoms with van der Waals surface area (Å²) in [5.74, 6) is -2.89. The SMILES string of the molecule is CC(C)C[C@H](NC(=O)[C@H](CS)NC(=O)CNC(=O)[C@@H](N)Cc1ccccc1)C(=O)O. The molecule has 0 fully saturated rings. The lowest BCUT2D eigenvalue weighted by atomic mass is 10.0. The van der Waals surface area contributed by atoms with E-state index in [1.807, 2.05) is 44.2 Å². The summed E-state index contributed by atoms with van der Waals surface area (Å²) in [6, 6.07) is 6.31. The number of hydrogen-bond acceptors (Lipinski definition) is 6. The fraction of sp³-hybridized carbons (Fsp3) is 0.500. The number of carboxylic acids is 1. The van der Waals surface area contributed by atoms with E-state index in [4.69, 9.17) is 5.73 Å². The Balaban J connectivity index is 2.51. The summed E-state index contributed by atoms with van der Waals surface area (Å²) in [5, 5.41) is 16.5. The Morgan fingerprint density at radius 1 is 1.03 bits per heavy atom. The molecule has 3 atom stereocenters. The van der Waals surface area contributed by atoms with E-state index in [2.05, 4.69) is 28.6 Å². The van der Waals surface area contributed by atoms with Gasteiger partial charge in [0, 0.05) is 5.75 Å². The highest BCUT2D eigenvalue weighted by Crippen LogP contribution is 2.06.